The van der Waals surface area contributed by atoms with Gasteiger partial charge in [0.15, 0.2) is 0 Å². The molecule has 0 aliphatic heterocycles. The molecule has 0 aliphatic carbocycles. The van der Waals surface area contributed by atoms with Gasteiger partial charge in [0.2, 0.25) is 0 Å². The van der Waals surface area contributed by atoms with E-state index in [2.05, 4.69) is 4.99 Å². The van der Waals surface area contributed by atoms with Crippen molar-refractivity contribution in [2.45, 2.75) is 6.92 Å². The monoisotopic (exact) mass is 192 g/mol. The Balaban J connectivity index is 2.83. The second kappa shape index (κ2) is 4.65. The Morgan fingerprint density at radius 1 is 1.21 bits per heavy atom. The fraction of sp³-hybridized carbons (Fsp3) is 0.364. The minimum absolute atomic E-state index is 0.853. The fourth-order valence-electron chi connectivity index (χ4n) is 0.944. The molecule has 0 N–H and O–H groups in total. The average Bonchev–Trinajstić information content (AvgIpc) is 2.19. The number of hydrogen-bond acceptors (Lipinski definition) is 2. The third-order valence-corrected chi connectivity index (χ3v) is 2.01. The number of amidine groups is 1. The molecule has 0 atom stereocenters. The van der Waals surface area contributed by atoms with E-state index < -0.39 is 0 Å². The Bertz CT molecular complexity index is 315. The van der Waals surface area contributed by atoms with E-state index in [1.807, 2.05) is 50.2 Å². The van der Waals surface area contributed by atoms with E-state index in [1.165, 1.54) is 0 Å². The fourth-order valence-corrected chi connectivity index (χ4v) is 0.944. The second-order valence-electron chi connectivity index (χ2n) is 3.25. The maximum absolute atomic E-state index is 5.06. The predicted octanol–water partition coefficient (Wildman–Crippen LogP) is 2.31. The lowest BCUT2D eigenvalue weighted by Gasteiger charge is -2.10. The molecule has 0 saturated heterocycles. The van der Waals surface area contributed by atoms with Crippen molar-refractivity contribution in [2.24, 2.45) is 4.99 Å². The highest BCUT2D eigenvalue weighted by Gasteiger charge is 1.95. The van der Waals surface area contributed by atoms with Gasteiger partial charge in [0.1, 0.15) is 11.6 Å². The van der Waals surface area contributed by atoms with Crippen LogP contribution in [0.1, 0.15) is 6.92 Å². The number of benzene rings is 1. The van der Waals surface area contributed by atoms with E-state index in [1.54, 1.807) is 7.11 Å². The highest BCUT2D eigenvalue weighted by atomic mass is 16.5. The summed E-state index contributed by atoms with van der Waals surface area (Å²) >= 11 is 0. The van der Waals surface area contributed by atoms with E-state index in [0.29, 0.717) is 0 Å². The summed E-state index contributed by atoms with van der Waals surface area (Å²) in [4.78, 5) is 6.40. The van der Waals surface area contributed by atoms with Gasteiger partial charge in [0.25, 0.3) is 0 Å². The van der Waals surface area contributed by atoms with Crippen molar-refractivity contribution >= 4 is 11.5 Å². The molecule has 0 saturated carbocycles. The van der Waals surface area contributed by atoms with Crippen LogP contribution in [0.5, 0.6) is 5.75 Å². The number of aliphatic imine (C=N–C) groups is 1. The van der Waals surface area contributed by atoms with Crippen LogP contribution in [0.3, 0.4) is 0 Å². The van der Waals surface area contributed by atoms with Crippen molar-refractivity contribution in [1.29, 1.82) is 0 Å². The van der Waals surface area contributed by atoms with Gasteiger partial charge >= 0.3 is 0 Å². The molecule has 14 heavy (non-hydrogen) atoms. The van der Waals surface area contributed by atoms with E-state index in [0.717, 1.165) is 17.3 Å². The van der Waals surface area contributed by atoms with Gasteiger partial charge in [-0.2, -0.15) is 0 Å². The first-order valence-electron chi connectivity index (χ1n) is 4.50. The van der Waals surface area contributed by atoms with Crippen molar-refractivity contribution in [2.75, 3.05) is 21.2 Å². The van der Waals surface area contributed by atoms with Gasteiger partial charge in [0.05, 0.1) is 12.8 Å². The maximum Gasteiger partial charge on any atom is 0.119 e. The molecule has 0 aromatic heterocycles. The van der Waals surface area contributed by atoms with E-state index in [-0.39, 0.29) is 0 Å². The van der Waals surface area contributed by atoms with E-state index in [9.17, 15) is 0 Å². The zero-order valence-corrected chi connectivity index (χ0v) is 9.11. The quantitative estimate of drug-likeness (QED) is 0.530. The molecule has 0 radical (unpaired) electrons. The van der Waals surface area contributed by atoms with Gasteiger partial charge in [-0.05, 0) is 31.2 Å². The highest BCUT2D eigenvalue weighted by molar-refractivity contribution is 5.82. The zero-order valence-electron chi connectivity index (χ0n) is 9.11. The van der Waals surface area contributed by atoms with E-state index in [4.69, 9.17) is 4.74 Å². The third kappa shape index (κ3) is 2.76. The molecule has 0 aliphatic rings. The lowest BCUT2D eigenvalue weighted by atomic mass is 10.3. The van der Waals surface area contributed by atoms with Crippen molar-refractivity contribution in [3.8, 4) is 5.75 Å². The van der Waals surface area contributed by atoms with Gasteiger partial charge in [-0.15, -0.1) is 0 Å². The van der Waals surface area contributed by atoms with Crippen LogP contribution in [-0.4, -0.2) is 31.9 Å². The minimum atomic E-state index is 0.853. The first-order valence-corrected chi connectivity index (χ1v) is 4.50. The standard InChI is InChI=1S/C11H16N2O/c1-9(13(2)3)12-10-5-7-11(14-4)8-6-10/h5-8H,1-4H3. The summed E-state index contributed by atoms with van der Waals surface area (Å²) in [5.41, 5.74) is 0.942. The van der Waals surface area contributed by atoms with Crippen LogP contribution < -0.4 is 4.74 Å². The number of rotatable bonds is 2. The Hall–Kier alpha value is -1.51. The molecule has 0 unspecified atom stereocenters. The molecule has 0 spiro atoms. The number of ether oxygens (including phenoxy) is 1. The Labute approximate surface area is 85.0 Å². The van der Waals surface area contributed by atoms with E-state index >= 15 is 0 Å². The maximum atomic E-state index is 5.06. The van der Waals surface area contributed by atoms with Crippen LogP contribution in [0.25, 0.3) is 0 Å². The normalized spacial score (nSPS) is 11.3. The molecule has 0 amide bonds. The summed E-state index contributed by atoms with van der Waals surface area (Å²) in [6.45, 7) is 1.98. The summed E-state index contributed by atoms with van der Waals surface area (Å²) in [5.74, 6) is 1.83. The molecular formula is C11H16N2O. The molecule has 1 rings (SSSR count). The summed E-state index contributed by atoms with van der Waals surface area (Å²) in [6.07, 6.45) is 0. The predicted molar refractivity (Wildman–Crippen MR) is 59.5 cm³/mol. The van der Waals surface area contributed by atoms with Crippen LogP contribution in [-0.2, 0) is 0 Å². The Morgan fingerprint density at radius 2 is 1.79 bits per heavy atom. The van der Waals surface area contributed by atoms with Gasteiger partial charge in [-0.3, -0.25) is 0 Å². The number of methoxy groups -OCH3 is 1. The average molecular weight is 192 g/mol. The summed E-state index contributed by atoms with van der Waals surface area (Å²) in [7, 11) is 5.61. The first kappa shape index (κ1) is 10.6. The Kier molecular flexibility index (Phi) is 3.51. The van der Waals surface area contributed by atoms with Gasteiger partial charge in [0, 0.05) is 14.1 Å². The summed E-state index contributed by atoms with van der Waals surface area (Å²) < 4.78 is 5.06. The number of nitrogens with zero attached hydrogens (tertiary/aromatic N) is 2. The van der Waals surface area contributed by atoms with Crippen LogP contribution in [0.4, 0.5) is 5.69 Å². The molecule has 0 bridgehead atoms. The molecule has 1 aromatic rings. The largest absolute Gasteiger partial charge is 0.497 e. The van der Waals surface area contributed by atoms with Crippen LogP contribution in [0, 0.1) is 0 Å². The zero-order chi connectivity index (χ0) is 10.6. The lowest BCUT2D eigenvalue weighted by Crippen LogP contribution is -2.17. The van der Waals surface area contributed by atoms with Gasteiger partial charge < -0.3 is 9.64 Å². The molecule has 76 valence electrons. The third-order valence-electron chi connectivity index (χ3n) is 2.01. The van der Waals surface area contributed by atoms with Gasteiger partial charge in [-0.1, -0.05) is 0 Å². The lowest BCUT2D eigenvalue weighted by molar-refractivity contribution is 0.415. The van der Waals surface area contributed by atoms with Crippen LogP contribution >= 0.6 is 0 Å². The molecule has 0 fully saturated rings. The summed E-state index contributed by atoms with van der Waals surface area (Å²) in [6, 6.07) is 7.68. The highest BCUT2D eigenvalue weighted by Crippen LogP contribution is 2.17. The molecule has 3 nitrogen and oxygen atoms in total. The Morgan fingerprint density at radius 3 is 2.21 bits per heavy atom. The molecular weight excluding hydrogens is 176 g/mol. The topological polar surface area (TPSA) is 24.8 Å². The van der Waals surface area contributed by atoms with Crippen molar-refractivity contribution in [3.05, 3.63) is 24.3 Å². The number of hydrogen-bond donors (Lipinski definition) is 0. The van der Waals surface area contributed by atoms with Gasteiger partial charge in [-0.25, -0.2) is 4.99 Å². The minimum Gasteiger partial charge on any atom is -0.497 e. The van der Waals surface area contributed by atoms with Crippen LogP contribution in [0.15, 0.2) is 29.3 Å². The van der Waals surface area contributed by atoms with Crippen molar-refractivity contribution < 1.29 is 4.74 Å². The SMILES string of the molecule is COc1ccc(N=C(C)N(C)C)cc1. The summed E-state index contributed by atoms with van der Waals surface area (Å²) in [5, 5.41) is 0. The smallest absolute Gasteiger partial charge is 0.119 e. The molecule has 0 heterocycles. The first-order chi connectivity index (χ1) is 6.63. The molecule has 3 heteroatoms. The molecule has 1 aromatic carbocycles. The van der Waals surface area contributed by atoms with Crippen molar-refractivity contribution in [3.63, 3.8) is 0 Å². The van der Waals surface area contributed by atoms with Crippen LogP contribution in [0.2, 0.25) is 0 Å². The van der Waals surface area contributed by atoms with Crippen molar-refractivity contribution in [1.82, 2.24) is 4.90 Å². The second-order valence-corrected chi connectivity index (χ2v) is 3.25.